The molecule has 0 aliphatic carbocycles. The third kappa shape index (κ3) is 3.30. The zero-order chi connectivity index (χ0) is 19.8. The van der Waals surface area contributed by atoms with Crippen molar-refractivity contribution in [3.63, 3.8) is 0 Å². The largest absolute Gasteiger partial charge is 0.503 e. The number of pyridine rings is 1. The summed E-state index contributed by atoms with van der Waals surface area (Å²) in [4.78, 5) is 31.4. The van der Waals surface area contributed by atoms with Crippen molar-refractivity contribution in [2.45, 2.75) is 26.8 Å². The number of hydrogen-bond donors (Lipinski definition) is 1. The number of nitrogens with zero attached hydrogens (tertiary/aromatic N) is 2. The summed E-state index contributed by atoms with van der Waals surface area (Å²) in [6, 6.07) is 9.66. The smallest absolute Gasteiger partial charge is 0.294 e. The van der Waals surface area contributed by atoms with Crippen LogP contribution in [0.2, 0.25) is 0 Å². The van der Waals surface area contributed by atoms with Crippen LogP contribution in [0.4, 0.5) is 5.69 Å². The van der Waals surface area contributed by atoms with Crippen molar-refractivity contribution in [3.8, 4) is 5.75 Å². The van der Waals surface area contributed by atoms with E-state index in [0.29, 0.717) is 17.0 Å². The number of amides is 1. The van der Waals surface area contributed by atoms with Crippen LogP contribution in [0.25, 0.3) is 0 Å². The highest BCUT2D eigenvalue weighted by molar-refractivity contribution is 6.17. The molecule has 0 saturated carbocycles. The van der Waals surface area contributed by atoms with Crippen LogP contribution in [0.5, 0.6) is 5.75 Å². The minimum absolute atomic E-state index is 0.106. The highest BCUT2D eigenvalue weighted by atomic mass is 16.5. The van der Waals surface area contributed by atoms with Gasteiger partial charge in [0.05, 0.1) is 18.7 Å². The summed E-state index contributed by atoms with van der Waals surface area (Å²) in [5.74, 6) is -0.734. The molecule has 140 valence electrons. The molecule has 0 radical (unpaired) electrons. The summed E-state index contributed by atoms with van der Waals surface area (Å²) < 4.78 is 5.17. The number of ketones is 1. The van der Waals surface area contributed by atoms with E-state index in [4.69, 9.17) is 4.74 Å². The van der Waals surface area contributed by atoms with Crippen LogP contribution in [-0.2, 0) is 9.59 Å². The average molecular weight is 366 g/mol. The predicted octanol–water partition coefficient (Wildman–Crippen LogP) is 3.61. The fourth-order valence-corrected chi connectivity index (χ4v) is 3.11. The Morgan fingerprint density at radius 3 is 2.22 bits per heavy atom. The molecule has 0 fully saturated rings. The number of carbonyl (C=O) groups is 2. The normalized spacial score (nSPS) is 17.4. The van der Waals surface area contributed by atoms with Gasteiger partial charge in [0.2, 0.25) is 0 Å². The van der Waals surface area contributed by atoms with Gasteiger partial charge in [0.15, 0.2) is 11.5 Å². The Labute approximate surface area is 158 Å². The Morgan fingerprint density at radius 1 is 1.11 bits per heavy atom. The lowest BCUT2D eigenvalue weighted by Gasteiger charge is -2.28. The number of hydrogen-bond acceptors (Lipinski definition) is 5. The molecule has 3 rings (SSSR count). The highest BCUT2D eigenvalue weighted by Gasteiger charge is 2.46. The number of rotatable bonds is 4. The molecule has 2 aromatic rings. The number of carbonyl (C=O) groups excluding carboxylic acids is 2. The van der Waals surface area contributed by atoms with Gasteiger partial charge in [-0.2, -0.15) is 0 Å². The lowest BCUT2D eigenvalue weighted by atomic mass is 9.82. The van der Waals surface area contributed by atoms with Crippen molar-refractivity contribution in [2.24, 2.45) is 5.41 Å². The fraction of sp³-hybridized carbons (Fsp3) is 0.286. The SMILES string of the molecule is COc1ccc(N2C(=O)C(O)=C(C(=O)C(C)(C)C)C2c2ccncc2)cc1. The number of aromatic nitrogens is 1. The summed E-state index contributed by atoms with van der Waals surface area (Å²) in [6.45, 7) is 5.29. The first-order chi connectivity index (χ1) is 12.8. The molecule has 2 heterocycles. The van der Waals surface area contributed by atoms with Gasteiger partial charge in [0.1, 0.15) is 5.75 Å². The molecule has 0 spiro atoms. The molecular weight excluding hydrogens is 344 g/mol. The van der Waals surface area contributed by atoms with E-state index < -0.39 is 23.1 Å². The quantitative estimate of drug-likeness (QED) is 0.894. The maximum Gasteiger partial charge on any atom is 0.294 e. The molecule has 0 saturated heterocycles. The third-order valence-electron chi connectivity index (χ3n) is 4.51. The van der Waals surface area contributed by atoms with Crippen molar-refractivity contribution < 1.29 is 19.4 Å². The van der Waals surface area contributed by atoms with Crippen LogP contribution >= 0.6 is 0 Å². The molecule has 1 N–H and O–H groups in total. The van der Waals surface area contributed by atoms with E-state index in [1.807, 2.05) is 0 Å². The molecule has 1 amide bonds. The van der Waals surface area contributed by atoms with Crippen molar-refractivity contribution in [2.75, 3.05) is 12.0 Å². The number of aliphatic hydroxyl groups is 1. The lowest BCUT2D eigenvalue weighted by molar-refractivity contribution is -0.123. The van der Waals surface area contributed by atoms with Crippen LogP contribution in [0, 0.1) is 5.41 Å². The minimum atomic E-state index is -0.745. The van der Waals surface area contributed by atoms with Gasteiger partial charge in [0.25, 0.3) is 5.91 Å². The number of Topliss-reactive ketones (excluding diaryl/α,β-unsaturated/α-hetero) is 1. The van der Waals surface area contributed by atoms with Crippen molar-refractivity contribution in [1.29, 1.82) is 0 Å². The van der Waals surface area contributed by atoms with E-state index in [0.717, 1.165) is 0 Å². The molecule has 1 unspecified atom stereocenters. The Kier molecular flexibility index (Phi) is 4.74. The van der Waals surface area contributed by atoms with Crippen molar-refractivity contribution in [1.82, 2.24) is 4.98 Å². The van der Waals surface area contributed by atoms with Crippen LogP contribution in [0.15, 0.2) is 60.1 Å². The summed E-state index contributed by atoms with van der Waals surface area (Å²) in [7, 11) is 1.56. The molecule has 6 nitrogen and oxygen atoms in total. The number of anilines is 1. The van der Waals surface area contributed by atoms with Gasteiger partial charge in [-0.15, -0.1) is 0 Å². The van der Waals surface area contributed by atoms with Gasteiger partial charge < -0.3 is 9.84 Å². The van der Waals surface area contributed by atoms with E-state index in [1.165, 1.54) is 4.90 Å². The van der Waals surface area contributed by atoms with Gasteiger partial charge in [-0.05, 0) is 42.0 Å². The van der Waals surface area contributed by atoms with Gasteiger partial charge in [-0.25, -0.2) is 0 Å². The monoisotopic (exact) mass is 366 g/mol. The van der Waals surface area contributed by atoms with Crippen LogP contribution in [-0.4, -0.2) is 28.9 Å². The zero-order valence-corrected chi connectivity index (χ0v) is 15.8. The second-order valence-electron chi connectivity index (χ2n) is 7.40. The summed E-state index contributed by atoms with van der Waals surface area (Å²) in [5.41, 5.74) is 0.622. The van der Waals surface area contributed by atoms with E-state index in [9.17, 15) is 14.7 Å². The van der Waals surface area contributed by atoms with E-state index in [1.54, 1.807) is 76.7 Å². The maximum atomic E-state index is 13.1. The predicted molar refractivity (Wildman–Crippen MR) is 102 cm³/mol. The number of methoxy groups -OCH3 is 1. The molecule has 1 aliphatic heterocycles. The maximum absolute atomic E-state index is 13.1. The molecular formula is C21H22N2O4. The van der Waals surface area contributed by atoms with Crippen LogP contribution in [0.3, 0.4) is 0 Å². The Balaban J connectivity index is 2.16. The molecule has 1 atom stereocenters. The molecule has 1 aromatic heterocycles. The lowest BCUT2D eigenvalue weighted by Crippen LogP contribution is -2.32. The topological polar surface area (TPSA) is 79.7 Å². The van der Waals surface area contributed by atoms with Gasteiger partial charge >= 0.3 is 0 Å². The van der Waals surface area contributed by atoms with Crippen LogP contribution < -0.4 is 9.64 Å². The standard InChI is InChI=1S/C21H22N2O4/c1-21(2,3)19(25)16-17(13-9-11-22-12-10-13)23(20(26)18(16)24)14-5-7-15(27-4)8-6-14/h5-12,17,24H,1-4H3. The highest BCUT2D eigenvalue weighted by Crippen LogP contribution is 2.43. The second-order valence-corrected chi connectivity index (χ2v) is 7.40. The molecule has 6 heteroatoms. The van der Waals surface area contributed by atoms with Crippen molar-refractivity contribution >= 4 is 17.4 Å². The summed E-state index contributed by atoms with van der Waals surface area (Å²) in [6.07, 6.45) is 3.20. The van der Waals surface area contributed by atoms with E-state index in [2.05, 4.69) is 4.98 Å². The second kappa shape index (κ2) is 6.87. The summed E-state index contributed by atoms with van der Waals surface area (Å²) in [5, 5.41) is 10.6. The van der Waals surface area contributed by atoms with E-state index in [-0.39, 0.29) is 11.4 Å². The average Bonchev–Trinajstić information content (AvgIpc) is 2.92. The molecule has 0 bridgehead atoms. The van der Waals surface area contributed by atoms with E-state index >= 15 is 0 Å². The minimum Gasteiger partial charge on any atom is -0.503 e. The zero-order valence-electron chi connectivity index (χ0n) is 15.8. The third-order valence-corrected chi connectivity index (χ3v) is 4.51. The number of ether oxygens (including phenoxy) is 1. The molecule has 1 aromatic carbocycles. The molecule has 1 aliphatic rings. The Bertz CT molecular complexity index is 896. The fourth-order valence-electron chi connectivity index (χ4n) is 3.11. The first kappa shape index (κ1) is 18.6. The Hall–Kier alpha value is -3.15. The Morgan fingerprint density at radius 2 is 1.70 bits per heavy atom. The van der Waals surface area contributed by atoms with Gasteiger partial charge in [0, 0.05) is 23.5 Å². The van der Waals surface area contributed by atoms with Gasteiger partial charge in [-0.3, -0.25) is 19.5 Å². The van der Waals surface area contributed by atoms with Crippen LogP contribution in [0.1, 0.15) is 32.4 Å². The molecule has 27 heavy (non-hydrogen) atoms. The number of benzene rings is 1. The number of aliphatic hydroxyl groups excluding tert-OH is 1. The first-order valence-electron chi connectivity index (χ1n) is 8.61. The van der Waals surface area contributed by atoms with Gasteiger partial charge in [-0.1, -0.05) is 20.8 Å². The first-order valence-corrected chi connectivity index (χ1v) is 8.61. The van der Waals surface area contributed by atoms with Crippen molar-refractivity contribution in [3.05, 3.63) is 65.7 Å². The summed E-state index contributed by atoms with van der Waals surface area (Å²) >= 11 is 0.